The maximum atomic E-state index is 13.3. The lowest BCUT2D eigenvalue weighted by Crippen LogP contribution is -2.24. The van der Waals surface area contributed by atoms with Gasteiger partial charge < -0.3 is 5.32 Å². The van der Waals surface area contributed by atoms with Crippen molar-refractivity contribution in [3.63, 3.8) is 0 Å². The number of nitrogens with zero attached hydrogens (tertiary/aromatic N) is 1. The van der Waals surface area contributed by atoms with Crippen LogP contribution in [0.25, 0.3) is 0 Å². The van der Waals surface area contributed by atoms with Gasteiger partial charge in [0.1, 0.15) is 5.82 Å². The summed E-state index contributed by atoms with van der Waals surface area (Å²) in [6, 6.07) is 8.52. The Morgan fingerprint density at radius 2 is 2.10 bits per heavy atom. The van der Waals surface area contributed by atoms with Crippen molar-refractivity contribution in [3.05, 3.63) is 64.2 Å². The number of aryl methyl sites for hydroxylation is 1. The van der Waals surface area contributed by atoms with Gasteiger partial charge in [0.05, 0.1) is 16.8 Å². The second-order valence-electron chi connectivity index (χ2n) is 4.79. The fraction of sp³-hybridized carbons (Fsp3) is 0.312. The van der Waals surface area contributed by atoms with Gasteiger partial charge in [-0.25, -0.2) is 4.39 Å². The summed E-state index contributed by atoms with van der Waals surface area (Å²) in [4.78, 5) is 4.38. The highest BCUT2D eigenvalue weighted by Crippen LogP contribution is 2.25. The number of aromatic nitrogens is 1. The number of rotatable bonds is 5. The maximum absolute atomic E-state index is 13.3. The van der Waals surface area contributed by atoms with Gasteiger partial charge >= 0.3 is 0 Å². The van der Waals surface area contributed by atoms with Crippen LogP contribution >= 0.6 is 11.6 Å². The SMILES string of the molecule is CCCNC(c1ccc(Cl)cn1)c1ccc(F)cc1C. The van der Waals surface area contributed by atoms with Crippen LogP contribution < -0.4 is 5.32 Å². The number of hydrogen-bond donors (Lipinski definition) is 1. The summed E-state index contributed by atoms with van der Waals surface area (Å²) in [7, 11) is 0. The lowest BCUT2D eigenvalue weighted by molar-refractivity contribution is 0.579. The van der Waals surface area contributed by atoms with Crippen LogP contribution in [0, 0.1) is 12.7 Å². The summed E-state index contributed by atoms with van der Waals surface area (Å²) in [5, 5.41) is 4.06. The highest BCUT2D eigenvalue weighted by atomic mass is 35.5. The largest absolute Gasteiger partial charge is 0.305 e. The zero-order valence-corrected chi connectivity index (χ0v) is 12.4. The van der Waals surface area contributed by atoms with Gasteiger partial charge in [-0.05, 0) is 55.3 Å². The first-order valence-electron chi connectivity index (χ1n) is 6.72. The van der Waals surface area contributed by atoms with Crippen molar-refractivity contribution < 1.29 is 4.39 Å². The summed E-state index contributed by atoms with van der Waals surface area (Å²) >= 11 is 5.89. The summed E-state index contributed by atoms with van der Waals surface area (Å²) in [5.74, 6) is -0.218. The fourth-order valence-corrected chi connectivity index (χ4v) is 2.30. The van der Waals surface area contributed by atoms with Gasteiger partial charge in [0.2, 0.25) is 0 Å². The fourth-order valence-electron chi connectivity index (χ4n) is 2.18. The first kappa shape index (κ1) is 14.9. The smallest absolute Gasteiger partial charge is 0.123 e. The second kappa shape index (κ2) is 6.82. The zero-order valence-electron chi connectivity index (χ0n) is 11.7. The molecule has 0 radical (unpaired) electrons. The molecule has 0 saturated carbocycles. The lowest BCUT2D eigenvalue weighted by atomic mass is 9.98. The van der Waals surface area contributed by atoms with E-state index in [1.807, 2.05) is 25.1 Å². The molecule has 106 valence electrons. The van der Waals surface area contributed by atoms with E-state index in [0.717, 1.165) is 29.8 Å². The molecule has 0 fully saturated rings. The number of halogens is 2. The molecule has 20 heavy (non-hydrogen) atoms. The molecular weight excluding hydrogens is 275 g/mol. The van der Waals surface area contributed by atoms with Crippen molar-refractivity contribution in [2.24, 2.45) is 0 Å². The topological polar surface area (TPSA) is 24.9 Å². The van der Waals surface area contributed by atoms with E-state index in [2.05, 4.69) is 17.2 Å². The van der Waals surface area contributed by atoms with E-state index in [4.69, 9.17) is 11.6 Å². The van der Waals surface area contributed by atoms with E-state index in [-0.39, 0.29) is 11.9 Å². The molecule has 0 bridgehead atoms. The van der Waals surface area contributed by atoms with Crippen LogP contribution in [0.5, 0.6) is 0 Å². The zero-order chi connectivity index (χ0) is 14.5. The van der Waals surface area contributed by atoms with Crippen LogP contribution in [-0.4, -0.2) is 11.5 Å². The molecule has 1 N–H and O–H groups in total. The van der Waals surface area contributed by atoms with E-state index in [9.17, 15) is 4.39 Å². The molecule has 0 aliphatic rings. The van der Waals surface area contributed by atoms with Crippen LogP contribution in [0.15, 0.2) is 36.5 Å². The highest BCUT2D eigenvalue weighted by molar-refractivity contribution is 6.30. The number of nitrogens with one attached hydrogen (secondary N) is 1. The van der Waals surface area contributed by atoms with Gasteiger partial charge in [-0.2, -0.15) is 0 Å². The molecule has 0 aliphatic heterocycles. The van der Waals surface area contributed by atoms with Crippen LogP contribution in [-0.2, 0) is 0 Å². The van der Waals surface area contributed by atoms with Crippen LogP contribution in [0.4, 0.5) is 4.39 Å². The second-order valence-corrected chi connectivity index (χ2v) is 5.23. The van der Waals surface area contributed by atoms with E-state index in [0.29, 0.717) is 5.02 Å². The third kappa shape index (κ3) is 3.56. The van der Waals surface area contributed by atoms with Crippen LogP contribution in [0.2, 0.25) is 5.02 Å². The Balaban J connectivity index is 2.38. The molecule has 0 spiro atoms. The molecule has 2 nitrogen and oxygen atoms in total. The standard InChI is InChI=1S/C16H18ClFN2/c1-3-8-19-16(15-7-4-12(17)10-20-15)14-6-5-13(18)9-11(14)2/h4-7,9-10,16,19H,3,8H2,1-2H3. The molecule has 2 rings (SSSR count). The summed E-state index contributed by atoms with van der Waals surface area (Å²) in [6.45, 7) is 4.89. The number of hydrogen-bond acceptors (Lipinski definition) is 2. The third-order valence-corrected chi connectivity index (χ3v) is 3.41. The molecule has 1 heterocycles. The van der Waals surface area contributed by atoms with E-state index < -0.39 is 0 Å². The Morgan fingerprint density at radius 1 is 1.30 bits per heavy atom. The Labute approximate surface area is 124 Å². The minimum Gasteiger partial charge on any atom is -0.305 e. The number of pyridine rings is 1. The van der Waals surface area contributed by atoms with Crippen molar-refractivity contribution in [3.8, 4) is 0 Å². The minimum atomic E-state index is -0.218. The molecule has 1 aromatic carbocycles. The average molecular weight is 293 g/mol. The first-order chi connectivity index (χ1) is 9.61. The summed E-state index contributed by atoms with van der Waals surface area (Å²) < 4.78 is 13.3. The molecule has 4 heteroatoms. The summed E-state index contributed by atoms with van der Waals surface area (Å²) in [5.41, 5.74) is 2.84. The Hall–Kier alpha value is -1.45. The van der Waals surface area contributed by atoms with E-state index in [1.54, 1.807) is 12.3 Å². The predicted octanol–water partition coefficient (Wildman–Crippen LogP) is 4.27. The van der Waals surface area contributed by atoms with Gasteiger partial charge in [0.15, 0.2) is 0 Å². The minimum absolute atomic E-state index is 0.0483. The van der Waals surface area contributed by atoms with Gasteiger partial charge in [-0.3, -0.25) is 4.98 Å². The van der Waals surface area contributed by atoms with Gasteiger partial charge in [0, 0.05) is 6.20 Å². The van der Waals surface area contributed by atoms with Gasteiger partial charge in [-0.1, -0.05) is 24.6 Å². The normalized spacial score (nSPS) is 12.4. The molecule has 1 atom stereocenters. The van der Waals surface area contributed by atoms with Crippen molar-refractivity contribution in [2.45, 2.75) is 26.3 Å². The lowest BCUT2D eigenvalue weighted by Gasteiger charge is -2.20. The molecule has 1 unspecified atom stereocenters. The van der Waals surface area contributed by atoms with Crippen molar-refractivity contribution in [1.29, 1.82) is 0 Å². The molecule has 0 aliphatic carbocycles. The van der Waals surface area contributed by atoms with E-state index in [1.165, 1.54) is 6.07 Å². The third-order valence-electron chi connectivity index (χ3n) is 3.19. The summed E-state index contributed by atoms with van der Waals surface area (Å²) in [6.07, 6.45) is 2.65. The van der Waals surface area contributed by atoms with Crippen molar-refractivity contribution >= 4 is 11.6 Å². The van der Waals surface area contributed by atoms with Gasteiger partial charge in [0.25, 0.3) is 0 Å². The highest BCUT2D eigenvalue weighted by Gasteiger charge is 2.17. The number of benzene rings is 1. The Kier molecular flexibility index (Phi) is 5.10. The monoisotopic (exact) mass is 292 g/mol. The molecular formula is C16H18ClFN2. The van der Waals surface area contributed by atoms with Gasteiger partial charge in [-0.15, -0.1) is 0 Å². The van der Waals surface area contributed by atoms with E-state index >= 15 is 0 Å². The van der Waals surface area contributed by atoms with Crippen molar-refractivity contribution in [2.75, 3.05) is 6.54 Å². The molecule has 0 saturated heterocycles. The van der Waals surface area contributed by atoms with Crippen LogP contribution in [0.1, 0.15) is 36.2 Å². The molecule has 0 amide bonds. The predicted molar refractivity (Wildman–Crippen MR) is 80.5 cm³/mol. The molecule has 2 aromatic rings. The Bertz CT molecular complexity index is 569. The average Bonchev–Trinajstić information content (AvgIpc) is 2.42. The van der Waals surface area contributed by atoms with Crippen LogP contribution in [0.3, 0.4) is 0 Å². The quantitative estimate of drug-likeness (QED) is 0.890. The van der Waals surface area contributed by atoms with Crippen molar-refractivity contribution in [1.82, 2.24) is 10.3 Å². The Morgan fingerprint density at radius 3 is 2.70 bits per heavy atom. The molecule has 1 aromatic heterocycles. The first-order valence-corrected chi connectivity index (χ1v) is 7.10. The maximum Gasteiger partial charge on any atom is 0.123 e.